The smallest absolute Gasteiger partial charge is 0.239 e. The second kappa shape index (κ2) is 4.93. The zero-order chi connectivity index (χ0) is 12.3. The second-order valence-corrected chi connectivity index (χ2v) is 4.99. The molecule has 0 aliphatic rings. The van der Waals surface area contributed by atoms with Gasteiger partial charge in [-0.3, -0.25) is 4.79 Å². The highest BCUT2D eigenvalue weighted by atomic mass is 79.9. The van der Waals surface area contributed by atoms with Crippen molar-refractivity contribution in [3.8, 4) is 0 Å². The Morgan fingerprint density at radius 1 is 1.56 bits per heavy atom. The van der Waals surface area contributed by atoms with Crippen LogP contribution < -0.4 is 11.1 Å². The molecule has 0 heterocycles. The maximum Gasteiger partial charge on any atom is 0.239 e. The molecule has 0 spiro atoms. The van der Waals surface area contributed by atoms with E-state index in [0.717, 1.165) is 4.47 Å². The van der Waals surface area contributed by atoms with Gasteiger partial charge in [0.05, 0.1) is 5.54 Å². The van der Waals surface area contributed by atoms with Crippen LogP contribution in [0.15, 0.2) is 22.7 Å². The summed E-state index contributed by atoms with van der Waals surface area (Å²) in [6.07, 6.45) is 0. The SMILES string of the molecule is CC(C)(N)C(=O)NCc1cc(F)ccc1Br. The maximum atomic E-state index is 12.9. The van der Waals surface area contributed by atoms with Crippen LogP contribution in [0.5, 0.6) is 0 Å². The molecule has 1 rings (SSSR count). The van der Waals surface area contributed by atoms with Crippen molar-refractivity contribution in [2.24, 2.45) is 5.73 Å². The average Bonchev–Trinajstić information content (AvgIpc) is 2.17. The van der Waals surface area contributed by atoms with Gasteiger partial charge < -0.3 is 11.1 Å². The van der Waals surface area contributed by atoms with Crippen molar-refractivity contribution in [3.05, 3.63) is 34.1 Å². The van der Waals surface area contributed by atoms with E-state index in [1.807, 2.05) is 0 Å². The molecule has 0 saturated heterocycles. The molecule has 0 aliphatic heterocycles. The molecule has 3 nitrogen and oxygen atoms in total. The summed E-state index contributed by atoms with van der Waals surface area (Å²) in [6.45, 7) is 3.48. The Labute approximate surface area is 102 Å². The first-order valence-corrected chi connectivity index (χ1v) is 5.61. The van der Waals surface area contributed by atoms with Crippen molar-refractivity contribution >= 4 is 21.8 Å². The fraction of sp³-hybridized carbons (Fsp3) is 0.364. The van der Waals surface area contributed by atoms with Gasteiger partial charge in [0.15, 0.2) is 0 Å². The van der Waals surface area contributed by atoms with Crippen LogP contribution in [0, 0.1) is 5.82 Å². The number of hydrogen-bond acceptors (Lipinski definition) is 2. The predicted molar refractivity (Wildman–Crippen MR) is 64.2 cm³/mol. The lowest BCUT2D eigenvalue weighted by Gasteiger charge is -2.18. The van der Waals surface area contributed by atoms with Crippen molar-refractivity contribution in [2.75, 3.05) is 0 Å². The number of benzene rings is 1. The van der Waals surface area contributed by atoms with Crippen LogP contribution >= 0.6 is 15.9 Å². The van der Waals surface area contributed by atoms with E-state index in [0.29, 0.717) is 5.56 Å². The third-order valence-corrected chi connectivity index (χ3v) is 2.81. The Morgan fingerprint density at radius 3 is 2.75 bits per heavy atom. The van der Waals surface area contributed by atoms with Crippen molar-refractivity contribution in [2.45, 2.75) is 25.9 Å². The van der Waals surface area contributed by atoms with Gasteiger partial charge >= 0.3 is 0 Å². The minimum Gasteiger partial charge on any atom is -0.350 e. The van der Waals surface area contributed by atoms with E-state index < -0.39 is 5.54 Å². The summed E-state index contributed by atoms with van der Waals surface area (Å²) in [5, 5.41) is 2.65. The Morgan fingerprint density at radius 2 is 2.19 bits per heavy atom. The zero-order valence-corrected chi connectivity index (χ0v) is 10.8. The maximum absolute atomic E-state index is 12.9. The summed E-state index contributed by atoms with van der Waals surface area (Å²) >= 11 is 3.28. The molecule has 0 atom stereocenters. The molecule has 0 saturated carbocycles. The van der Waals surface area contributed by atoms with E-state index in [1.165, 1.54) is 12.1 Å². The van der Waals surface area contributed by atoms with Gasteiger partial charge in [-0.1, -0.05) is 15.9 Å². The Balaban J connectivity index is 2.68. The molecule has 0 aliphatic carbocycles. The topological polar surface area (TPSA) is 55.1 Å². The average molecular weight is 289 g/mol. The van der Waals surface area contributed by atoms with Crippen LogP contribution in [-0.2, 0) is 11.3 Å². The summed E-state index contributed by atoms with van der Waals surface area (Å²) in [4.78, 5) is 11.5. The number of amides is 1. The molecular formula is C11H14BrFN2O. The second-order valence-electron chi connectivity index (χ2n) is 4.14. The number of halogens is 2. The minimum atomic E-state index is -0.931. The molecule has 16 heavy (non-hydrogen) atoms. The largest absolute Gasteiger partial charge is 0.350 e. The molecule has 0 radical (unpaired) electrons. The first-order chi connectivity index (χ1) is 7.30. The summed E-state index contributed by atoms with van der Waals surface area (Å²) in [7, 11) is 0. The van der Waals surface area contributed by atoms with Gasteiger partial charge in [-0.05, 0) is 37.6 Å². The summed E-state index contributed by atoms with van der Waals surface area (Å²) in [6, 6.07) is 4.32. The molecular weight excluding hydrogens is 275 g/mol. The Hall–Kier alpha value is -0.940. The minimum absolute atomic E-state index is 0.248. The number of carbonyl (C=O) groups excluding carboxylic acids is 1. The van der Waals surface area contributed by atoms with Crippen molar-refractivity contribution in [3.63, 3.8) is 0 Å². The first-order valence-electron chi connectivity index (χ1n) is 4.82. The molecule has 1 aromatic rings. The summed E-state index contributed by atoms with van der Waals surface area (Å²) in [5.74, 6) is -0.608. The third-order valence-electron chi connectivity index (χ3n) is 2.03. The highest BCUT2D eigenvalue weighted by Gasteiger charge is 2.21. The van der Waals surface area contributed by atoms with Crippen molar-refractivity contribution in [1.29, 1.82) is 0 Å². The molecule has 1 aromatic carbocycles. The van der Waals surface area contributed by atoms with Crippen LogP contribution in [0.2, 0.25) is 0 Å². The summed E-state index contributed by atoms with van der Waals surface area (Å²) < 4.78 is 13.7. The van der Waals surface area contributed by atoms with Gasteiger partial charge in [0.2, 0.25) is 5.91 Å². The van der Waals surface area contributed by atoms with E-state index in [9.17, 15) is 9.18 Å². The normalized spacial score (nSPS) is 11.3. The van der Waals surface area contributed by atoms with Crippen molar-refractivity contribution in [1.82, 2.24) is 5.32 Å². The quantitative estimate of drug-likeness (QED) is 0.893. The molecule has 0 aromatic heterocycles. The monoisotopic (exact) mass is 288 g/mol. The lowest BCUT2D eigenvalue weighted by atomic mass is 10.1. The third kappa shape index (κ3) is 3.57. The number of nitrogens with one attached hydrogen (secondary N) is 1. The molecule has 3 N–H and O–H groups in total. The van der Waals surface area contributed by atoms with E-state index in [1.54, 1.807) is 19.9 Å². The van der Waals surface area contributed by atoms with Crippen LogP contribution in [0.4, 0.5) is 4.39 Å². The van der Waals surface area contributed by atoms with E-state index >= 15 is 0 Å². The molecule has 1 amide bonds. The van der Waals surface area contributed by atoms with Crippen LogP contribution in [0.25, 0.3) is 0 Å². The van der Waals surface area contributed by atoms with Gasteiger partial charge in [0.1, 0.15) is 5.82 Å². The molecule has 88 valence electrons. The number of hydrogen-bond donors (Lipinski definition) is 2. The molecule has 0 bridgehead atoms. The highest BCUT2D eigenvalue weighted by molar-refractivity contribution is 9.10. The fourth-order valence-corrected chi connectivity index (χ4v) is 1.47. The Bertz CT molecular complexity index is 401. The van der Waals surface area contributed by atoms with Gasteiger partial charge in [0, 0.05) is 11.0 Å². The highest BCUT2D eigenvalue weighted by Crippen LogP contribution is 2.17. The first kappa shape index (κ1) is 13.1. The van der Waals surface area contributed by atoms with E-state index in [2.05, 4.69) is 21.2 Å². The number of rotatable bonds is 3. The predicted octanol–water partition coefficient (Wildman–Crippen LogP) is 1.94. The van der Waals surface area contributed by atoms with Crippen LogP contribution in [-0.4, -0.2) is 11.4 Å². The summed E-state index contributed by atoms with van der Waals surface area (Å²) in [5.41, 5.74) is 5.36. The zero-order valence-electron chi connectivity index (χ0n) is 9.18. The number of nitrogens with two attached hydrogens (primary N) is 1. The molecule has 0 fully saturated rings. The van der Waals surface area contributed by atoms with E-state index in [-0.39, 0.29) is 18.3 Å². The van der Waals surface area contributed by atoms with Crippen LogP contribution in [0.3, 0.4) is 0 Å². The van der Waals surface area contributed by atoms with Gasteiger partial charge in [0.25, 0.3) is 0 Å². The molecule has 0 unspecified atom stereocenters. The molecule has 5 heteroatoms. The van der Waals surface area contributed by atoms with Gasteiger partial charge in [-0.15, -0.1) is 0 Å². The van der Waals surface area contributed by atoms with Crippen molar-refractivity contribution < 1.29 is 9.18 Å². The number of carbonyl (C=O) groups is 1. The lowest BCUT2D eigenvalue weighted by molar-refractivity contribution is -0.125. The van der Waals surface area contributed by atoms with Gasteiger partial charge in [-0.2, -0.15) is 0 Å². The van der Waals surface area contributed by atoms with Gasteiger partial charge in [-0.25, -0.2) is 4.39 Å². The van der Waals surface area contributed by atoms with Crippen LogP contribution in [0.1, 0.15) is 19.4 Å². The lowest BCUT2D eigenvalue weighted by Crippen LogP contribution is -2.48. The fourth-order valence-electron chi connectivity index (χ4n) is 1.08. The standard InChI is InChI=1S/C11H14BrFN2O/c1-11(2,14)10(16)15-6-7-5-8(13)3-4-9(7)12/h3-5H,6,14H2,1-2H3,(H,15,16). The van der Waals surface area contributed by atoms with E-state index in [4.69, 9.17) is 5.73 Å². The Kier molecular flexibility index (Phi) is 4.04.